The number of ether oxygens (including phenoxy) is 1. The maximum Gasteiger partial charge on any atom is 0.249 e. The predicted molar refractivity (Wildman–Crippen MR) is 84.5 cm³/mol. The molecule has 0 aliphatic heterocycles. The maximum absolute atomic E-state index is 12.5. The van der Waals surface area contributed by atoms with E-state index >= 15 is 0 Å². The summed E-state index contributed by atoms with van der Waals surface area (Å²) < 4.78 is 5.33. The number of anilines is 1. The summed E-state index contributed by atoms with van der Waals surface area (Å²) in [5, 5.41) is 3.28. The summed E-state index contributed by atoms with van der Waals surface area (Å²) in [5.41, 5.74) is 1.71. The maximum atomic E-state index is 12.5. The smallest absolute Gasteiger partial charge is 0.249 e. The zero-order chi connectivity index (χ0) is 15.2. The van der Waals surface area contributed by atoms with Crippen LogP contribution in [0.2, 0.25) is 0 Å². The van der Waals surface area contributed by atoms with E-state index < -0.39 is 6.04 Å². The Bertz CT molecular complexity index is 597. The predicted octanol–water partition coefficient (Wildman–Crippen LogP) is 2.94. The van der Waals surface area contributed by atoms with E-state index in [1.54, 1.807) is 26.1 Å². The monoisotopic (exact) mass is 284 g/mol. The number of methoxy groups -OCH3 is 1. The number of hydrogen-bond donors (Lipinski definition) is 1. The zero-order valence-corrected chi connectivity index (χ0v) is 12.5. The Morgan fingerprint density at radius 2 is 1.67 bits per heavy atom. The molecular formula is C17H20N2O2. The van der Waals surface area contributed by atoms with E-state index in [-0.39, 0.29) is 5.91 Å². The molecule has 4 nitrogen and oxygen atoms in total. The Labute approximate surface area is 125 Å². The Morgan fingerprint density at radius 1 is 1.05 bits per heavy atom. The summed E-state index contributed by atoms with van der Waals surface area (Å²) in [5.74, 6) is 0.706. The number of rotatable bonds is 5. The van der Waals surface area contributed by atoms with Gasteiger partial charge in [0.25, 0.3) is 0 Å². The molecule has 2 rings (SSSR count). The van der Waals surface area contributed by atoms with Crippen molar-refractivity contribution in [3.8, 4) is 5.75 Å². The van der Waals surface area contributed by atoms with Gasteiger partial charge in [-0.3, -0.25) is 4.79 Å². The van der Waals surface area contributed by atoms with E-state index in [1.165, 1.54) is 0 Å². The van der Waals surface area contributed by atoms with E-state index in [1.807, 2.05) is 54.6 Å². The molecule has 0 aliphatic carbocycles. The van der Waals surface area contributed by atoms with Crippen molar-refractivity contribution < 1.29 is 9.53 Å². The molecular weight excluding hydrogens is 264 g/mol. The van der Waals surface area contributed by atoms with Crippen LogP contribution in [0.1, 0.15) is 11.6 Å². The number of carbonyl (C=O) groups is 1. The van der Waals surface area contributed by atoms with Gasteiger partial charge >= 0.3 is 0 Å². The average molecular weight is 284 g/mol. The van der Waals surface area contributed by atoms with E-state index in [0.29, 0.717) is 5.75 Å². The van der Waals surface area contributed by atoms with Crippen LogP contribution in [0.15, 0.2) is 54.6 Å². The van der Waals surface area contributed by atoms with Crippen molar-refractivity contribution in [3.05, 3.63) is 60.2 Å². The van der Waals surface area contributed by atoms with Gasteiger partial charge in [-0.15, -0.1) is 0 Å². The number of hydrogen-bond acceptors (Lipinski definition) is 3. The average Bonchev–Trinajstić information content (AvgIpc) is 2.53. The molecule has 21 heavy (non-hydrogen) atoms. The highest BCUT2D eigenvalue weighted by Crippen LogP contribution is 2.28. The number of likely N-dealkylation sites (N-methyl/N-ethyl adjacent to an activating group) is 1. The molecule has 2 aromatic rings. The Hall–Kier alpha value is -2.49. The summed E-state index contributed by atoms with van der Waals surface area (Å²) in [7, 11) is 5.12. The fraction of sp³-hybridized carbons (Fsp3) is 0.235. The molecule has 0 fully saturated rings. The van der Waals surface area contributed by atoms with Crippen LogP contribution < -0.4 is 10.1 Å². The summed E-state index contributed by atoms with van der Waals surface area (Å²) in [6.07, 6.45) is 0. The molecule has 110 valence electrons. The molecule has 0 aromatic heterocycles. The number of nitrogens with zero attached hydrogens (tertiary/aromatic N) is 1. The van der Waals surface area contributed by atoms with Gasteiger partial charge in [-0.1, -0.05) is 42.5 Å². The first kappa shape index (κ1) is 14.9. The zero-order valence-electron chi connectivity index (χ0n) is 12.5. The minimum Gasteiger partial charge on any atom is -0.495 e. The highest BCUT2D eigenvalue weighted by Gasteiger charge is 2.22. The van der Waals surface area contributed by atoms with Gasteiger partial charge < -0.3 is 15.0 Å². The Morgan fingerprint density at radius 3 is 2.29 bits per heavy atom. The van der Waals surface area contributed by atoms with Gasteiger partial charge in [0.15, 0.2) is 0 Å². The lowest BCUT2D eigenvalue weighted by molar-refractivity contribution is -0.129. The summed E-state index contributed by atoms with van der Waals surface area (Å²) in [4.78, 5) is 14.1. The molecule has 1 atom stereocenters. The van der Waals surface area contributed by atoms with Crippen molar-refractivity contribution >= 4 is 11.6 Å². The lowest BCUT2D eigenvalue weighted by Gasteiger charge is -2.24. The van der Waals surface area contributed by atoms with Gasteiger partial charge in [0, 0.05) is 14.1 Å². The van der Waals surface area contributed by atoms with E-state index in [2.05, 4.69) is 5.32 Å². The topological polar surface area (TPSA) is 41.6 Å². The quantitative estimate of drug-likeness (QED) is 0.918. The Balaban J connectivity index is 2.35. The van der Waals surface area contributed by atoms with Crippen molar-refractivity contribution in [2.75, 3.05) is 26.5 Å². The minimum absolute atomic E-state index is 0.00731. The van der Waals surface area contributed by atoms with Crippen LogP contribution in [0.4, 0.5) is 5.69 Å². The van der Waals surface area contributed by atoms with Crippen LogP contribution in [-0.4, -0.2) is 32.0 Å². The molecule has 4 heteroatoms. The second-order valence-corrected chi connectivity index (χ2v) is 4.92. The van der Waals surface area contributed by atoms with Crippen molar-refractivity contribution in [1.82, 2.24) is 4.90 Å². The Kier molecular flexibility index (Phi) is 4.82. The number of para-hydroxylation sites is 2. The van der Waals surface area contributed by atoms with Gasteiger partial charge in [-0.2, -0.15) is 0 Å². The van der Waals surface area contributed by atoms with Crippen molar-refractivity contribution in [3.63, 3.8) is 0 Å². The second kappa shape index (κ2) is 6.79. The molecule has 1 N–H and O–H groups in total. The van der Waals surface area contributed by atoms with Gasteiger partial charge in [0.1, 0.15) is 11.8 Å². The molecule has 0 spiro atoms. The van der Waals surface area contributed by atoms with E-state index in [0.717, 1.165) is 11.3 Å². The highest BCUT2D eigenvalue weighted by atomic mass is 16.5. The van der Waals surface area contributed by atoms with Gasteiger partial charge in [-0.05, 0) is 17.7 Å². The lowest BCUT2D eigenvalue weighted by Crippen LogP contribution is -2.32. The fourth-order valence-corrected chi connectivity index (χ4v) is 2.11. The first-order chi connectivity index (χ1) is 10.1. The third-order valence-corrected chi connectivity index (χ3v) is 3.23. The van der Waals surface area contributed by atoms with E-state index in [9.17, 15) is 4.79 Å². The number of nitrogens with one attached hydrogen (secondary N) is 1. The van der Waals surface area contributed by atoms with Gasteiger partial charge in [0.05, 0.1) is 12.8 Å². The molecule has 0 unspecified atom stereocenters. The largest absolute Gasteiger partial charge is 0.495 e. The molecule has 0 saturated heterocycles. The SMILES string of the molecule is COc1ccccc1N[C@H](C(=O)N(C)C)c1ccccc1. The van der Waals surface area contributed by atoms with Crippen LogP contribution in [0.5, 0.6) is 5.75 Å². The molecule has 1 amide bonds. The number of amides is 1. The summed E-state index contributed by atoms with van der Waals surface area (Å²) >= 11 is 0. The summed E-state index contributed by atoms with van der Waals surface area (Å²) in [6.45, 7) is 0. The second-order valence-electron chi connectivity index (χ2n) is 4.92. The number of carbonyl (C=O) groups excluding carboxylic acids is 1. The van der Waals surface area contributed by atoms with Crippen molar-refractivity contribution in [2.45, 2.75) is 6.04 Å². The summed E-state index contributed by atoms with van der Waals surface area (Å²) in [6, 6.07) is 16.8. The molecule has 0 saturated carbocycles. The highest BCUT2D eigenvalue weighted by molar-refractivity contribution is 5.86. The molecule has 0 aliphatic rings. The molecule has 0 heterocycles. The van der Waals surface area contributed by atoms with E-state index in [4.69, 9.17) is 4.74 Å². The first-order valence-electron chi connectivity index (χ1n) is 6.79. The van der Waals surface area contributed by atoms with Gasteiger partial charge in [0.2, 0.25) is 5.91 Å². The third kappa shape index (κ3) is 3.54. The van der Waals surface area contributed by atoms with Crippen LogP contribution >= 0.6 is 0 Å². The van der Waals surface area contributed by atoms with Crippen LogP contribution in [0.3, 0.4) is 0 Å². The van der Waals surface area contributed by atoms with Crippen LogP contribution in [-0.2, 0) is 4.79 Å². The van der Waals surface area contributed by atoms with Crippen LogP contribution in [0, 0.1) is 0 Å². The van der Waals surface area contributed by atoms with Crippen molar-refractivity contribution in [1.29, 1.82) is 0 Å². The normalized spacial score (nSPS) is 11.6. The minimum atomic E-state index is -0.447. The van der Waals surface area contributed by atoms with Crippen molar-refractivity contribution in [2.24, 2.45) is 0 Å². The molecule has 0 bridgehead atoms. The number of benzene rings is 2. The lowest BCUT2D eigenvalue weighted by atomic mass is 10.1. The third-order valence-electron chi connectivity index (χ3n) is 3.23. The molecule has 2 aromatic carbocycles. The molecule has 0 radical (unpaired) electrons. The first-order valence-corrected chi connectivity index (χ1v) is 6.79. The fourth-order valence-electron chi connectivity index (χ4n) is 2.11. The standard InChI is InChI=1S/C17H20N2O2/c1-19(2)17(20)16(13-9-5-4-6-10-13)18-14-11-7-8-12-15(14)21-3/h4-12,16,18H,1-3H3/t16-/m0/s1. The van der Waals surface area contributed by atoms with Crippen LogP contribution in [0.25, 0.3) is 0 Å². The van der Waals surface area contributed by atoms with Gasteiger partial charge in [-0.25, -0.2) is 0 Å².